The number of aromatic nitrogens is 3. The lowest BCUT2D eigenvalue weighted by atomic mass is 10.1. The molecule has 0 aliphatic rings. The number of halogens is 1. The zero-order valence-corrected chi connectivity index (χ0v) is 20.2. The van der Waals surface area contributed by atoms with Crippen LogP contribution in [0.1, 0.15) is 33.7 Å². The molecule has 3 aromatic heterocycles. The van der Waals surface area contributed by atoms with E-state index in [9.17, 15) is 4.79 Å². The summed E-state index contributed by atoms with van der Waals surface area (Å²) in [6.45, 7) is 7.56. The molecule has 0 aliphatic carbocycles. The lowest BCUT2D eigenvalue weighted by Gasteiger charge is -2.21. The Morgan fingerprint density at radius 3 is 2.48 bits per heavy atom. The number of fused-ring (bicyclic) bond motifs is 2. The Bertz CT molecular complexity index is 1190. The van der Waals surface area contributed by atoms with Gasteiger partial charge < -0.3 is 4.90 Å². The third kappa shape index (κ3) is 4.44. The Labute approximate surface area is 192 Å². The summed E-state index contributed by atoms with van der Waals surface area (Å²) in [5, 5.41) is 0.747. The van der Waals surface area contributed by atoms with Crippen LogP contribution >= 0.6 is 23.7 Å². The van der Waals surface area contributed by atoms with Crippen LogP contribution < -0.4 is 4.90 Å². The number of amides is 1. The Morgan fingerprint density at radius 2 is 1.77 bits per heavy atom. The van der Waals surface area contributed by atoms with Crippen molar-refractivity contribution in [1.82, 2.24) is 19.3 Å². The van der Waals surface area contributed by atoms with Crippen LogP contribution in [-0.2, 0) is 0 Å². The maximum atomic E-state index is 13.8. The number of anilines is 1. The number of carbonyl (C=O) groups excluding carboxylic acids is 1. The molecule has 0 bridgehead atoms. The number of pyridine rings is 1. The number of nitrogens with zero attached hydrogens (tertiary/aromatic N) is 5. The zero-order valence-electron chi connectivity index (χ0n) is 18.5. The average molecular weight is 458 g/mol. The highest BCUT2D eigenvalue weighted by Gasteiger charge is 2.26. The number of thiazole rings is 1. The van der Waals surface area contributed by atoms with Crippen LogP contribution in [0, 0.1) is 20.8 Å². The van der Waals surface area contributed by atoms with E-state index >= 15 is 0 Å². The third-order valence-corrected chi connectivity index (χ3v) is 6.51. The number of hydrogen-bond donors (Lipinski definition) is 0. The van der Waals surface area contributed by atoms with Gasteiger partial charge in [-0.05, 0) is 71.1 Å². The van der Waals surface area contributed by atoms with Gasteiger partial charge in [-0.1, -0.05) is 29.5 Å². The van der Waals surface area contributed by atoms with E-state index in [-0.39, 0.29) is 18.3 Å². The Hall–Kier alpha value is -2.48. The van der Waals surface area contributed by atoms with Crippen LogP contribution in [0.3, 0.4) is 0 Å². The molecule has 3 heterocycles. The Morgan fingerprint density at radius 1 is 1.03 bits per heavy atom. The van der Waals surface area contributed by atoms with Gasteiger partial charge in [0.1, 0.15) is 11.3 Å². The summed E-state index contributed by atoms with van der Waals surface area (Å²) in [4.78, 5) is 27.2. The van der Waals surface area contributed by atoms with Crippen molar-refractivity contribution < 1.29 is 4.79 Å². The minimum absolute atomic E-state index is 0. The molecule has 164 valence electrons. The van der Waals surface area contributed by atoms with E-state index in [2.05, 4.69) is 35.9 Å². The molecule has 8 heteroatoms. The topological polar surface area (TPSA) is 53.7 Å². The van der Waals surface area contributed by atoms with Gasteiger partial charge >= 0.3 is 0 Å². The second-order valence-electron chi connectivity index (χ2n) is 7.96. The van der Waals surface area contributed by atoms with Crippen molar-refractivity contribution in [3.8, 4) is 0 Å². The van der Waals surface area contributed by atoms with Gasteiger partial charge in [0.25, 0.3) is 5.91 Å². The van der Waals surface area contributed by atoms with Crippen molar-refractivity contribution in [1.29, 1.82) is 0 Å². The van der Waals surface area contributed by atoms with Crippen LogP contribution in [0.4, 0.5) is 5.13 Å². The number of benzene rings is 1. The number of rotatable bonds is 6. The van der Waals surface area contributed by atoms with Crippen LogP contribution in [0.5, 0.6) is 0 Å². The maximum Gasteiger partial charge on any atom is 0.278 e. The summed E-state index contributed by atoms with van der Waals surface area (Å²) in [5.74, 6) is -0.0562. The number of hydrogen-bond acceptors (Lipinski definition) is 5. The van der Waals surface area contributed by atoms with Crippen molar-refractivity contribution in [2.75, 3.05) is 32.1 Å². The molecule has 4 aromatic rings. The van der Waals surface area contributed by atoms with Crippen molar-refractivity contribution in [3.05, 3.63) is 59.0 Å². The molecule has 0 fully saturated rings. The van der Waals surface area contributed by atoms with Crippen molar-refractivity contribution >= 4 is 50.6 Å². The second kappa shape index (κ2) is 9.34. The summed E-state index contributed by atoms with van der Waals surface area (Å²) in [6, 6.07) is 9.99. The zero-order chi connectivity index (χ0) is 21.4. The van der Waals surface area contributed by atoms with Gasteiger partial charge in [0, 0.05) is 12.7 Å². The monoisotopic (exact) mass is 457 g/mol. The first-order chi connectivity index (χ1) is 14.4. The molecular weight excluding hydrogens is 430 g/mol. The van der Waals surface area contributed by atoms with E-state index < -0.39 is 0 Å². The molecule has 0 N–H and O–H groups in total. The molecule has 0 saturated heterocycles. The van der Waals surface area contributed by atoms with Gasteiger partial charge in [0.2, 0.25) is 0 Å². The summed E-state index contributed by atoms with van der Waals surface area (Å²) >= 11 is 1.59. The summed E-state index contributed by atoms with van der Waals surface area (Å²) < 4.78 is 3.02. The smallest absolute Gasteiger partial charge is 0.278 e. The van der Waals surface area contributed by atoms with E-state index in [1.807, 2.05) is 54.7 Å². The van der Waals surface area contributed by atoms with Gasteiger partial charge in [0.15, 0.2) is 5.13 Å². The molecule has 0 unspecified atom stereocenters. The largest absolute Gasteiger partial charge is 0.309 e. The molecule has 31 heavy (non-hydrogen) atoms. The number of carbonyl (C=O) groups is 1. The minimum Gasteiger partial charge on any atom is -0.309 e. The van der Waals surface area contributed by atoms with Gasteiger partial charge in [-0.2, -0.15) is 0 Å². The Kier molecular flexibility index (Phi) is 6.99. The van der Waals surface area contributed by atoms with E-state index in [1.165, 1.54) is 5.56 Å². The molecule has 0 aliphatic heterocycles. The van der Waals surface area contributed by atoms with Crippen molar-refractivity contribution in [2.24, 2.45) is 0 Å². The minimum atomic E-state index is -0.0562. The first kappa shape index (κ1) is 23.2. The molecule has 6 nitrogen and oxygen atoms in total. The fourth-order valence-electron chi connectivity index (χ4n) is 3.69. The van der Waals surface area contributed by atoms with Crippen molar-refractivity contribution in [2.45, 2.75) is 27.2 Å². The number of aryl methyl sites for hydroxylation is 3. The van der Waals surface area contributed by atoms with Crippen molar-refractivity contribution in [3.63, 3.8) is 0 Å². The van der Waals surface area contributed by atoms with Crippen LogP contribution in [-0.4, -0.2) is 52.4 Å². The van der Waals surface area contributed by atoms with E-state index in [0.717, 1.165) is 45.2 Å². The van der Waals surface area contributed by atoms with Gasteiger partial charge in [-0.25, -0.2) is 9.97 Å². The highest BCUT2D eigenvalue weighted by molar-refractivity contribution is 7.22. The molecular formula is C23H28ClN5OS. The van der Waals surface area contributed by atoms with Crippen LogP contribution in [0.15, 0.2) is 36.5 Å². The van der Waals surface area contributed by atoms with E-state index in [4.69, 9.17) is 4.98 Å². The maximum absolute atomic E-state index is 13.8. The molecule has 0 radical (unpaired) electrons. The molecule has 0 saturated carbocycles. The van der Waals surface area contributed by atoms with E-state index in [1.54, 1.807) is 11.3 Å². The first-order valence-corrected chi connectivity index (χ1v) is 11.0. The summed E-state index contributed by atoms with van der Waals surface area (Å²) in [7, 11) is 4.09. The first-order valence-electron chi connectivity index (χ1n) is 10.1. The van der Waals surface area contributed by atoms with Crippen LogP contribution in [0.25, 0.3) is 15.9 Å². The third-order valence-electron chi connectivity index (χ3n) is 5.30. The molecule has 0 spiro atoms. The fraction of sp³-hybridized carbons (Fsp3) is 0.348. The molecule has 1 amide bonds. The predicted octanol–water partition coefficient (Wildman–Crippen LogP) is 4.89. The fourth-order valence-corrected chi connectivity index (χ4v) is 4.83. The normalized spacial score (nSPS) is 11.3. The lowest BCUT2D eigenvalue weighted by molar-refractivity contribution is 0.0979. The highest BCUT2D eigenvalue weighted by atomic mass is 35.5. The Balaban J connectivity index is 0.00000272. The SMILES string of the molecule is Cc1nc2ccccn2c1C(=O)N(CCCN(C)C)c1nc2c(C)ccc(C)c2s1.Cl. The summed E-state index contributed by atoms with van der Waals surface area (Å²) in [6.07, 6.45) is 2.76. The molecule has 0 atom stereocenters. The van der Waals surface area contributed by atoms with Gasteiger partial charge in [0.05, 0.1) is 15.9 Å². The number of imidazole rings is 1. The standard InChI is InChI=1S/C23H27N5OS.ClH/c1-15-10-11-16(2)21-19(15)25-23(30-21)28(14-8-12-26(4)5)22(29)20-17(3)24-18-9-6-7-13-27(18)20;/h6-7,9-11,13H,8,12,14H2,1-5H3;1H. The molecule has 1 aromatic carbocycles. The van der Waals surface area contributed by atoms with Crippen LogP contribution in [0.2, 0.25) is 0 Å². The van der Waals surface area contributed by atoms with Gasteiger partial charge in [-0.3, -0.25) is 14.1 Å². The highest BCUT2D eigenvalue weighted by Crippen LogP contribution is 2.34. The quantitative estimate of drug-likeness (QED) is 0.413. The predicted molar refractivity (Wildman–Crippen MR) is 131 cm³/mol. The summed E-state index contributed by atoms with van der Waals surface area (Å²) in [5.41, 5.74) is 5.41. The molecule has 4 rings (SSSR count). The average Bonchev–Trinajstić information content (AvgIpc) is 3.29. The second-order valence-corrected chi connectivity index (χ2v) is 8.94. The lowest BCUT2D eigenvalue weighted by Crippen LogP contribution is -2.34. The van der Waals surface area contributed by atoms with Gasteiger partial charge in [-0.15, -0.1) is 12.4 Å². The van der Waals surface area contributed by atoms with E-state index in [0.29, 0.717) is 12.2 Å².